The number of aryl methyl sites for hydroxylation is 1. The molecule has 2 N–H and O–H groups in total. The summed E-state index contributed by atoms with van der Waals surface area (Å²) < 4.78 is 0. The minimum absolute atomic E-state index is 0.0867. The number of thioether (sulfide) groups is 1. The molecule has 1 fully saturated rings. The van der Waals surface area contributed by atoms with Crippen LogP contribution in [0.4, 0.5) is 5.69 Å². The van der Waals surface area contributed by atoms with E-state index in [2.05, 4.69) is 15.6 Å². The predicted octanol–water partition coefficient (Wildman–Crippen LogP) is 2.34. The number of hydrogen-bond donors (Lipinski definition) is 2. The normalized spacial score (nSPS) is 19.6. The number of nitrogens with one attached hydrogen (secondary N) is 2. The molecule has 1 atom stereocenters. The Morgan fingerprint density at radius 1 is 1.61 bits per heavy atom. The van der Waals surface area contributed by atoms with Crippen LogP contribution in [0.3, 0.4) is 0 Å². The smallest absolute Gasteiger partial charge is 0.242 e. The molecule has 1 saturated heterocycles. The summed E-state index contributed by atoms with van der Waals surface area (Å²) in [6, 6.07) is 1.49. The number of halogens is 2. The molecule has 0 radical (unpaired) electrons. The largest absolute Gasteiger partial charge is 0.322 e. The van der Waals surface area contributed by atoms with Gasteiger partial charge in [0.2, 0.25) is 5.91 Å². The van der Waals surface area contributed by atoms with E-state index >= 15 is 0 Å². The summed E-state index contributed by atoms with van der Waals surface area (Å²) in [6.07, 6.45) is 0. The van der Waals surface area contributed by atoms with Crippen molar-refractivity contribution in [2.24, 2.45) is 0 Å². The second kappa shape index (κ2) is 6.10. The molecular formula is C11H13Cl2N3OS. The maximum Gasteiger partial charge on any atom is 0.242 e. The number of carbonyl (C=O) groups excluding carboxylic acids is 1. The summed E-state index contributed by atoms with van der Waals surface area (Å²) >= 11 is 13.5. The lowest BCUT2D eigenvalue weighted by molar-refractivity contribution is -0.117. The SMILES string of the molecule is Cc1cc(Cl)nc(Cl)c1NC(=O)C1CSCCN1. The van der Waals surface area contributed by atoms with Gasteiger partial charge in [-0.05, 0) is 18.6 Å². The third-order valence-corrected chi connectivity index (χ3v) is 4.16. The molecule has 1 amide bonds. The van der Waals surface area contributed by atoms with E-state index in [1.54, 1.807) is 17.8 Å². The fraction of sp³-hybridized carbons (Fsp3) is 0.455. The van der Waals surface area contributed by atoms with Crippen LogP contribution >= 0.6 is 35.0 Å². The fourth-order valence-electron chi connectivity index (χ4n) is 1.69. The monoisotopic (exact) mass is 305 g/mol. The van der Waals surface area contributed by atoms with Gasteiger partial charge in [0.1, 0.15) is 5.15 Å². The van der Waals surface area contributed by atoms with Gasteiger partial charge in [-0.3, -0.25) is 4.79 Å². The molecule has 1 unspecified atom stereocenters. The summed E-state index contributed by atoms with van der Waals surface area (Å²) in [5.74, 6) is 1.71. The van der Waals surface area contributed by atoms with Gasteiger partial charge in [0, 0.05) is 18.1 Å². The van der Waals surface area contributed by atoms with Gasteiger partial charge in [0.05, 0.1) is 11.7 Å². The number of carbonyl (C=O) groups is 1. The Morgan fingerprint density at radius 3 is 3.00 bits per heavy atom. The first-order valence-electron chi connectivity index (χ1n) is 5.52. The quantitative estimate of drug-likeness (QED) is 0.824. The molecule has 1 aliphatic rings. The van der Waals surface area contributed by atoms with Gasteiger partial charge in [-0.15, -0.1) is 0 Å². The van der Waals surface area contributed by atoms with Gasteiger partial charge in [-0.2, -0.15) is 11.8 Å². The topological polar surface area (TPSA) is 54.0 Å². The highest BCUT2D eigenvalue weighted by Crippen LogP contribution is 2.26. The molecule has 98 valence electrons. The van der Waals surface area contributed by atoms with Crippen molar-refractivity contribution < 1.29 is 4.79 Å². The van der Waals surface area contributed by atoms with E-state index in [1.165, 1.54) is 0 Å². The summed E-state index contributed by atoms with van der Waals surface area (Å²) in [7, 11) is 0. The number of hydrogen-bond acceptors (Lipinski definition) is 4. The van der Waals surface area contributed by atoms with Crippen LogP contribution in [0.1, 0.15) is 5.56 Å². The van der Waals surface area contributed by atoms with Crippen molar-refractivity contribution in [3.63, 3.8) is 0 Å². The van der Waals surface area contributed by atoms with Crippen LogP contribution < -0.4 is 10.6 Å². The van der Waals surface area contributed by atoms with E-state index in [0.717, 1.165) is 23.6 Å². The van der Waals surface area contributed by atoms with E-state index < -0.39 is 0 Å². The molecule has 4 nitrogen and oxygen atoms in total. The predicted molar refractivity (Wildman–Crippen MR) is 76.7 cm³/mol. The van der Waals surface area contributed by atoms with Crippen molar-refractivity contribution in [1.29, 1.82) is 0 Å². The zero-order chi connectivity index (χ0) is 13.1. The maximum atomic E-state index is 12.1. The second-order valence-electron chi connectivity index (χ2n) is 4.00. The lowest BCUT2D eigenvalue weighted by atomic mass is 10.2. The summed E-state index contributed by atoms with van der Waals surface area (Å²) in [6.45, 7) is 2.67. The summed E-state index contributed by atoms with van der Waals surface area (Å²) in [5.41, 5.74) is 1.33. The lowest BCUT2D eigenvalue weighted by Crippen LogP contribution is -2.46. The van der Waals surface area contributed by atoms with Gasteiger partial charge in [0.25, 0.3) is 0 Å². The van der Waals surface area contributed by atoms with Crippen molar-refractivity contribution in [2.45, 2.75) is 13.0 Å². The number of anilines is 1. The number of pyridine rings is 1. The van der Waals surface area contributed by atoms with Crippen LogP contribution in [0.2, 0.25) is 10.3 Å². The van der Waals surface area contributed by atoms with Gasteiger partial charge in [-0.25, -0.2) is 4.98 Å². The number of rotatable bonds is 2. The van der Waals surface area contributed by atoms with Crippen molar-refractivity contribution in [2.75, 3.05) is 23.4 Å². The average molecular weight is 306 g/mol. The Balaban J connectivity index is 2.11. The summed E-state index contributed by atoms with van der Waals surface area (Å²) in [4.78, 5) is 16.0. The third-order valence-electron chi connectivity index (χ3n) is 2.63. The van der Waals surface area contributed by atoms with Gasteiger partial charge < -0.3 is 10.6 Å². The van der Waals surface area contributed by atoms with Gasteiger partial charge >= 0.3 is 0 Å². The van der Waals surface area contributed by atoms with Crippen LogP contribution in [0.15, 0.2) is 6.07 Å². The standard InChI is InChI=1S/C11H13Cl2N3OS/c1-6-4-8(12)15-10(13)9(6)16-11(17)7-5-18-3-2-14-7/h4,7,14H,2-3,5H2,1H3,(H,16,17). The van der Waals surface area contributed by atoms with Crippen molar-refractivity contribution in [3.05, 3.63) is 21.9 Å². The van der Waals surface area contributed by atoms with Crippen molar-refractivity contribution >= 4 is 46.6 Å². The molecule has 1 aromatic heterocycles. The van der Waals surface area contributed by atoms with Crippen LogP contribution in [0.25, 0.3) is 0 Å². The Hall–Kier alpha value is -0.490. The van der Waals surface area contributed by atoms with Crippen LogP contribution in [0.5, 0.6) is 0 Å². The molecule has 0 aromatic carbocycles. The Morgan fingerprint density at radius 2 is 2.39 bits per heavy atom. The molecule has 2 heterocycles. The van der Waals surface area contributed by atoms with E-state index in [1.807, 2.05) is 6.92 Å². The molecule has 7 heteroatoms. The molecule has 1 aliphatic heterocycles. The Labute approximate surface area is 120 Å². The van der Waals surface area contributed by atoms with Gasteiger partial charge in [-0.1, -0.05) is 23.2 Å². The molecule has 0 saturated carbocycles. The lowest BCUT2D eigenvalue weighted by Gasteiger charge is -2.22. The molecule has 1 aromatic rings. The third kappa shape index (κ3) is 3.29. The summed E-state index contributed by atoms with van der Waals surface area (Å²) in [5, 5.41) is 6.51. The highest BCUT2D eigenvalue weighted by molar-refractivity contribution is 7.99. The minimum atomic E-state index is -0.185. The van der Waals surface area contributed by atoms with Crippen LogP contribution in [0, 0.1) is 6.92 Å². The molecule has 18 heavy (non-hydrogen) atoms. The minimum Gasteiger partial charge on any atom is -0.322 e. The molecule has 0 aliphatic carbocycles. The first-order chi connectivity index (χ1) is 8.58. The van der Waals surface area contributed by atoms with E-state index in [-0.39, 0.29) is 17.1 Å². The zero-order valence-electron chi connectivity index (χ0n) is 9.80. The molecular weight excluding hydrogens is 293 g/mol. The van der Waals surface area contributed by atoms with E-state index in [9.17, 15) is 4.79 Å². The first kappa shape index (κ1) is 13.9. The second-order valence-corrected chi connectivity index (χ2v) is 5.89. The van der Waals surface area contributed by atoms with Crippen molar-refractivity contribution in [3.8, 4) is 0 Å². The fourth-order valence-corrected chi connectivity index (χ4v) is 3.20. The van der Waals surface area contributed by atoms with Gasteiger partial charge in [0.15, 0.2) is 5.15 Å². The number of aromatic nitrogens is 1. The number of nitrogens with zero attached hydrogens (tertiary/aromatic N) is 1. The highest BCUT2D eigenvalue weighted by atomic mass is 35.5. The molecule has 0 spiro atoms. The number of amides is 1. The van der Waals surface area contributed by atoms with Crippen molar-refractivity contribution in [1.82, 2.24) is 10.3 Å². The maximum absolute atomic E-state index is 12.1. The zero-order valence-corrected chi connectivity index (χ0v) is 12.1. The molecule has 0 bridgehead atoms. The highest BCUT2D eigenvalue weighted by Gasteiger charge is 2.22. The van der Waals surface area contributed by atoms with E-state index in [4.69, 9.17) is 23.2 Å². The van der Waals surface area contributed by atoms with Crippen LogP contribution in [-0.4, -0.2) is 35.0 Å². The Kier molecular flexibility index (Phi) is 4.72. The van der Waals surface area contributed by atoms with E-state index in [0.29, 0.717) is 10.8 Å². The first-order valence-corrected chi connectivity index (χ1v) is 7.43. The van der Waals surface area contributed by atoms with Crippen LogP contribution in [-0.2, 0) is 4.79 Å². The average Bonchev–Trinajstić information content (AvgIpc) is 2.34. The molecule has 2 rings (SSSR count). The Bertz CT molecular complexity index is 441.